The zero-order chi connectivity index (χ0) is 14.0. The van der Waals surface area contributed by atoms with Crippen LogP contribution < -0.4 is 0 Å². The van der Waals surface area contributed by atoms with Crippen LogP contribution in [0.25, 0.3) is 0 Å². The molecule has 1 heterocycles. The second-order valence-corrected chi connectivity index (χ2v) is 5.35. The number of hydrogen-bond acceptors (Lipinski definition) is 4. The van der Waals surface area contributed by atoms with E-state index in [4.69, 9.17) is 0 Å². The van der Waals surface area contributed by atoms with E-state index in [-0.39, 0.29) is 0 Å². The van der Waals surface area contributed by atoms with Gasteiger partial charge < -0.3 is 5.11 Å². The number of aliphatic hydroxyl groups is 1. The SMILES string of the molecule is CC1(O)CCCN(Cc2ccc([N+](=O)[O-])c(F)c2)C1. The van der Waals surface area contributed by atoms with Crippen LogP contribution in [0.1, 0.15) is 25.3 Å². The van der Waals surface area contributed by atoms with Gasteiger partial charge in [-0.3, -0.25) is 15.0 Å². The number of halogens is 1. The Labute approximate surface area is 110 Å². The van der Waals surface area contributed by atoms with Crippen LogP contribution in [-0.2, 0) is 6.54 Å². The molecule has 0 bridgehead atoms. The van der Waals surface area contributed by atoms with Crippen molar-refractivity contribution in [3.05, 3.63) is 39.7 Å². The lowest BCUT2D eigenvalue weighted by Gasteiger charge is -2.36. The molecule has 1 unspecified atom stereocenters. The fraction of sp³-hybridized carbons (Fsp3) is 0.538. The Kier molecular flexibility index (Phi) is 3.82. The molecular formula is C13H17FN2O3. The smallest absolute Gasteiger partial charge is 0.304 e. The van der Waals surface area contributed by atoms with Crippen molar-refractivity contribution in [2.24, 2.45) is 0 Å². The van der Waals surface area contributed by atoms with Gasteiger partial charge in [-0.05, 0) is 37.9 Å². The van der Waals surface area contributed by atoms with Gasteiger partial charge in [-0.15, -0.1) is 0 Å². The Hall–Kier alpha value is -1.53. The standard InChI is InChI=1S/C13H17FN2O3/c1-13(17)5-2-6-15(9-13)8-10-3-4-12(16(18)19)11(14)7-10/h3-4,7,17H,2,5-6,8-9H2,1H3. The first-order valence-electron chi connectivity index (χ1n) is 6.25. The van der Waals surface area contributed by atoms with Crippen LogP contribution >= 0.6 is 0 Å². The monoisotopic (exact) mass is 268 g/mol. The van der Waals surface area contributed by atoms with Gasteiger partial charge in [-0.1, -0.05) is 6.07 Å². The highest BCUT2D eigenvalue weighted by molar-refractivity contribution is 5.35. The Morgan fingerprint density at radius 3 is 2.89 bits per heavy atom. The molecule has 5 nitrogen and oxygen atoms in total. The molecule has 0 amide bonds. The topological polar surface area (TPSA) is 66.6 Å². The Bertz CT molecular complexity index is 491. The van der Waals surface area contributed by atoms with Crippen LogP contribution in [0, 0.1) is 15.9 Å². The number of rotatable bonds is 3. The second-order valence-electron chi connectivity index (χ2n) is 5.35. The molecule has 1 saturated heterocycles. The minimum atomic E-state index is -0.814. The molecule has 1 fully saturated rings. The van der Waals surface area contributed by atoms with Gasteiger partial charge in [0.05, 0.1) is 10.5 Å². The lowest BCUT2D eigenvalue weighted by Crippen LogP contribution is -2.45. The van der Waals surface area contributed by atoms with Gasteiger partial charge in [0.1, 0.15) is 0 Å². The van der Waals surface area contributed by atoms with Gasteiger partial charge in [-0.2, -0.15) is 4.39 Å². The molecule has 0 saturated carbocycles. The van der Waals surface area contributed by atoms with Crippen LogP contribution in [0.5, 0.6) is 0 Å². The number of nitro benzene ring substituents is 1. The van der Waals surface area contributed by atoms with Crippen LogP contribution in [0.2, 0.25) is 0 Å². The fourth-order valence-corrected chi connectivity index (χ4v) is 2.51. The third-order valence-electron chi connectivity index (χ3n) is 3.37. The number of benzene rings is 1. The predicted octanol–water partition coefficient (Wildman–Crippen LogP) is 2.08. The van der Waals surface area contributed by atoms with Crippen molar-refractivity contribution in [1.29, 1.82) is 0 Å². The number of likely N-dealkylation sites (tertiary alicyclic amines) is 1. The number of nitrogens with zero attached hydrogens (tertiary/aromatic N) is 2. The minimum Gasteiger partial charge on any atom is -0.389 e. The summed E-state index contributed by atoms with van der Waals surface area (Å²) in [7, 11) is 0. The first kappa shape index (κ1) is 13.9. The van der Waals surface area contributed by atoms with Gasteiger partial charge in [0.15, 0.2) is 0 Å². The maximum atomic E-state index is 13.5. The third kappa shape index (κ3) is 3.48. The van der Waals surface area contributed by atoms with Gasteiger partial charge in [-0.25, -0.2) is 0 Å². The van der Waals surface area contributed by atoms with Crippen molar-refractivity contribution in [3.8, 4) is 0 Å². The molecule has 1 aliphatic rings. The first-order chi connectivity index (χ1) is 8.87. The molecule has 0 aromatic heterocycles. The van der Waals surface area contributed by atoms with E-state index < -0.39 is 22.0 Å². The molecule has 19 heavy (non-hydrogen) atoms. The van der Waals surface area contributed by atoms with Crippen LogP contribution in [0.3, 0.4) is 0 Å². The summed E-state index contributed by atoms with van der Waals surface area (Å²) in [5, 5.41) is 20.5. The number of hydrogen-bond donors (Lipinski definition) is 1. The lowest BCUT2D eigenvalue weighted by molar-refractivity contribution is -0.387. The van der Waals surface area contributed by atoms with Gasteiger partial charge in [0.2, 0.25) is 5.82 Å². The first-order valence-corrected chi connectivity index (χ1v) is 6.25. The number of β-amino-alcohol motifs (C(OH)–C–C–N with tert-alkyl or cyclic N) is 1. The third-order valence-corrected chi connectivity index (χ3v) is 3.37. The van der Waals surface area contributed by atoms with Crippen molar-refractivity contribution in [3.63, 3.8) is 0 Å². The largest absolute Gasteiger partial charge is 0.389 e. The average molecular weight is 268 g/mol. The molecule has 0 aliphatic carbocycles. The molecule has 2 rings (SSSR count). The van der Waals surface area contributed by atoms with Crippen molar-refractivity contribution >= 4 is 5.69 Å². The van der Waals surface area contributed by atoms with Crippen LogP contribution in [0.15, 0.2) is 18.2 Å². The Balaban J connectivity index is 2.07. The van der Waals surface area contributed by atoms with E-state index in [1.165, 1.54) is 12.1 Å². The average Bonchev–Trinajstić information content (AvgIpc) is 2.27. The maximum Gasteiger partial charge on any atom is 0.304 e. The Morgan fingerprint density at radius 1 is 1.58 bits per heavy atom. The summed E-state index contributed by atoms with van der Waals surface area (Å²) in [5.41, 5.74) is -0.535. The van der Waals surface area contributed by atoms with E-state index in [1.807, 2.05) is 4.90 Å². The summed E-state index contributed by atoms with van der Waals surface area (Å²) in [5.74, 6) is -0.814. The molecule has 104 valence electrons. The van der Waals surface area contributed by atoms with E-state index in [1.54, 1.807) is 13.0 Å². The zero-order valence-electron chi connectivity index (χ0n) is 10.8. The van der Waals surface area contributed by atoms with Gasteiger partial charge >= 0.3 is 5.69 Å². The van der Waals surface area contributed by atoms with E-state index in [9.17, 15) is 19.6 Å². The summed E-state index contributed by atoms with van der Waals surface area (Å²) < 4.78 is 13.5. The van der Waals surface area contributed by atoms with Crippen molar-refractivity contribution in [2.45, 2.75) is 31.9 Å². The highest BCUT2D eigenvalue weighted by Crippen LogP contribution is 2.23. The molecule has 0 spiro atoms. The predicted molar refractivity (Wildman–Crippen MR) is 68.2 cm³/mol. The minimum absolute atomic E-state index is 0.491. The quantitative estimate of drug-likeness (QED) is 0.673. The Morgan fingerprint density at radius 2 is 2.32 bits per heavy atom. The van der Waals surface area contributed by atoms with E-state index >= 15 is 0 Å². The number of piperidine rings is 1. The van der Waals surface area contributed by atoms with Crippen molar-refractivity contribution in [2.75, 3.05) is 13.1 Å². The molecular weight excluding hydrogens is 251 g/mol. The molecule has 1 atom stereocenters. The summed E-state index contributed by atoms with van der Waals surface area (Å²) in [4.78, 5) is 11.8. The summed E-state index contributed by atoms with van der Waals surface area (Å²) >= 11 is 0. The molecule has 1 aromatic rings. The summed E-state index contributed by atoms with van der Waals surface area (Å²) in [6, 6.07) is 3.94. The molecule has 1 N–H and O–H groups in total. The lowest BCUT2D eigenvalue weighted by atomic mass is 9.95. The fourth-order valence-electron chi connectivity index (χ4n) is 2.51. The van der Waals surface area contributed by atoms with E-state index in [2.05, 4.69) is 0 Å². The summed E-state index contributed by atoms with van der Waals surface area (Å²) in [6.07, 6.45) is 1.65. The highest BCUT2D eigenvalue weighted by atomic mass is 19.1. The maximum absolute atomic E-state index is 13.5. The van der Waals surface area contributed by atoms with Crippen molar-refractivity contribution < 1.29 is 14.4 Å². The van der Waals surface area contributed by atoms with Crippen LogP contribution in [-0.4, -0.2) is 33.6 Å². The molecule has 6 heteroatoms. The van der Waals surface area contributed by atoms with Gasteiger partial charge in [0, 0.05) is 19.2 Å². The molecule has 1 aliphatic heterocycles. The van der Waals surface area contributed by atoms with Crippen LogP contribution in [0.4, 0.5) is 10.1 Å². The number of nitro groups is 1. The highest BCUT2D eigenvalue weighted by Gasteiger charge is 2.28. The summed E-state index contributed by atoms with van der Waals surface area (Å²) in [6.45, 7) is 3.65. The van der Waals surface area contributed by atoms with E-state index in [0.29, 0.717) is 18.7 Å². The van der Waals surface area contributed by atoms with Gasteiger partial charge in [0.25, 0.3) is 0 Å². The van der Waals surface area contributed by atoms with E-state index in [0.717, 1.165) is 19.4 Å². The normalized spacial score (nSPS) is 24.4. The second kappa shape index (κ2) is 5.22. The molecule has 1 aromatic carbocycles. The van der Waals surface area contributed by atoms with Crippen molar-refractivity contribution in [1.82, 2.24) is 4.90 Å². The molecule has 0 radical (unpaired) electrons. The zero-order valence-corrected chi connectivity index (χ0v) is 10.8.